The van der Waals surface area contributed by atoms with Crippen LogP contribution in [0.4, 0.5) is 17.1 Å². The second kappa shape index (κ2) is 9.59. The van der Waals surface area contributed by atoms with E-state index in [1.807, 2.05) is 5.43 Å². The summed E-state index contributed by atoms with van der Waals surface area (Å²) in [4.78, 5) is 42.2. The highest BCUT2D eigenvalue weighted by atomic mass is 16.6. The molecule has 0 spiro atoms. The van der Waals surface area contributed by atoms with Gasteiger partial charge in [-0.15, -0.1) is 0 Å². The normalized spacial score (nSPS) is 10.5. The van der Waals surface area contributed by atoms with Gasteiger partial charge in [-0.3, -0.25) is 35.1 Å². The fraction of sp³-hybridized carbons (Fsp3) is 0.125. The summed E-state index contributed by atoms with van der Waals surface area (Å²) in [5.41, 5.74) is -0.0107. The number of ether oxygens (including phenoxy) is 2. The van der Waals surface area contributed by atoms with E-state index in [1.165, 1.54) is 12.1 Å². The van der Waals surface area contributed by atoms with E-state index in [4.69, 9.17) is 9.47 Å². The molecule has 2 N–H and O–H groups in total. The Morgan fingerprint density at radius 1 is 1.13 bits per heavy atom. The first kappa shape index (κ1) is 22.5. The molecule has 0 aliphatic rings. The molecular weight excluding hydrogens is 422 g/mol. The number of nitrogens with zero attached hydrogens (tertiary/aromatic N) is 4. The quantitative estimate of drug-likeness (QED) is 0.330. The zero-order valence-corrected chi connectivity index (χ0v) is 15.6. The Morgan fingerprint density at radius 2 is 1.81 bits per heavy atom. The number of rotatable bonds is 9. The average Bonchev–Trinajstić information content (AvgIpc) is 2.72. The minimum absolute atomic E-state index is 0.0527. The van der Waals surface area contributed by atoms with Crippen molar-refractivity contribution in [3.8, 4) is 17.2 Å². The number of para-hydroxylation sites is 1. The van der Waals surface area contributed by atoms with E-state index in [0.717, 1.165) is 25.5 Å². The Hall–Kier alpha value is -4.82. The summed E-state index contributed by atoms with van der Waals surface area (Å²) in [5.74, 6) is -2.39. The van der Waals surface area contributed by atoms with Crippen molar-refractivity contribution < 1.29 is 34.1 Å². The molecule has 0 aromatic heterocycles. The third-order valence-corrected chi connectivity index (χ3v) is 3.63. The zero-order chi connectivity index (χ0) is 23.1. The predicted molar refractivity (Wildman–Crippen MR) is 102 cm³/mol. The van der Waals surface area contributed by atoms with Crippen molar-refractivity contribution in [1.82, 2.24) is 5.43 Å². The van der Waals surface area contributed by atoms with Crippen LogP contribution in [0.1, 0.15) is 5.56 Å². The summed E-state index contributed by atoms with van der Waals surface area (Å²) in [6.45, 7) is -0.784. The van der Waals surface area contributed by atoms with Crippen LogP contribution < -0.4 is 14.9 Å². The van der Waals surface area contributed by atoms with Crippen LogP contribution >= 0.6 is 0 Å². The Balaban J connectivity index is 2.12. The first-order valence-corrected chi connectivity index (χ1v) is 8.07. The maximum absolute atomic E-state index is 11.9. The van der Waals surface area contributed by atoms with E-state index in [2.05, 4.69) is 5.10 Å². The van der Waals surface area contributed by atoms with Gasteiger partial charge in [-0.05, 0) is 6.07 Å². The summed E-state index contributed by atoms with van der Waals surface area (Å²) >= 11 is 0. The number of nitro benzene ring substituents is 3. The van der Waals surface area contributed by atoms with Crippen LogP contribution in [0.2, 0.25) is 0 Å². The lowest BCUT2D eigenvalue weighted by Crippen LogP contribution is -2.25. The molecule has 162 valence electrons. The molecule has 0 unspecified atom stereocenters. The molecule has 0 fully saturated rings. The third-order valence-electron chi connectivity index (χ3n) is 3.63. The number of carbonyl (C=O) groups is 1. The number of methoxy groups -OCH3 is 1. The lowest BCUT2D eigenvalue weighted by atomic mass is 10.2. The van der Waals surface area contributed by atoms with Crippen LogP contribution in [0, 0.1) is 30.3 Å². The number of aromatic hydroxyl groups is 1. The Bertz CT molecular complexity index is 1080. The number of hydrazone groups is 1. The van der Waals surface area contributed by atoms with Gasteiger partial charge in [0.05, 0.1) is 40.2 Å². The Labute approximate surface area is 172 Å². The molecule has 15 nitrogen and oxygen atoms in total. The smallest absolute Gasteiger partial charge is 0.321 e. The lowest BCUT2D eigenvalue weighted by molar-refractivity contribution is -0.394. The minimum Gasteiger partial charge on any atom is -0.502 e. The lowest BCUT2D eigenvalue weighted by Gasteiger charge is -2.10. The van der Waals surface area contributed by atoms with Crippen molar-refractivity contribution in [3.63, 3.8) is 0 Å². The van der Waals surface area contributed by atoms with E-state index in [0.29, 0.717) is 6.07 Å². The van der Waals surface area contributed by atoms with Crippen LogP contribution in [0.25, 0.3) is 0 Å². The molecule has 2 aromatic rings. The highest BCUT2D eigenvalue weighted by Crippen LogP contribution is 2.40. The number of nitrogens with one attached hydrogen (secondary N) is 1. The number of benzene rings is 2. The van der Waals surface area contributed by atoms with E-state index >= 15 is 0 Å². The van der Waals surface area contributed by atoms with E-state index in [9.17, 15) is 40.2 Å². The van der Waals surface area contributed by atoms with Crippen molar-refractivity contribution in [2.75, 3.05) is 13.7 Å². The molecule has 0 heterocycles. The summed E-state index contributed by atoms with van der Waals surface area (Å²) in [5, 5.41) is 46.2. The number of carbonyl (C=O) groups excluding carboxylic acids is 1. The van der Waals surface area contributed by atoms with Crippen molar-refractivity contribution in [2.24, 2.45) is 5.10 Å². The molecule has 0 aliphatic heterocycles. The number of nitro groups is 3. The average molecular weight is 435 g/mol. The van der Waals surface area contributed by atoms with Gasteiger partial charge in [0, 0.05) is 11.6 Å². The number of phenolic OH excluding ortho intramolecular Hbond substituents is 1. The number of hydrogen-bond donors (Lipinski definition) is 2. The van der Waals surface area contributed by atoms with Crippen LogP contribution in [0.3, 0.4) is 0 Å². The standard InChI is InChI=1S/C16H13N5O10/c1-30-13-6-10(19(24)25)5-12(21(28)29)16(13)31-8-14(22)18-17-7-9-3-2-4-11(15(9)23)20(26)27/h2-7,23H,8H2,1H3,(H,18,22)/b17-7+. The van der Waals surface area contributed by atoms with Crippen molar-refractivity contribution in [3.05, 3.63) is 66.2 Å². The molecule has 2 rings (SSSR count). The highest BCUT2D eigenvalue weighted by Gasteiger charge is 2.27. The van der Waals surface area contributed by atoms with Crippen molar-refractivity contribution in [1.29, 1.82) is 0 Å². The minimum atomic E-state index is -0.938. The summed E-state index contributed by atoms with van der Waals surface area (Å²) in [6.07, 6.45) is 0.940. The van der Waals surface area contributed by atoms with Crippen LogP contribution in [0.5, 0.6) is 17.2 Å². The molecule has 31 heavy (non-hydrogen) atoms. The molecule has 0 bridgehead atoms. The molecule has 0 saturated carbocycles. The molecule has 0 saturated heterocycles. The number of hydrogen-bond acceptors (Lipinski definition) is 11. The van der Waals surface area contributed by atoms with Crippen LogP contribution in [0.15, 0.2) is 35.4 Å². The fourth-order valence-electron chi connectivity index (χ4n) is 2.26. The van der Waals surface area contributed by atoms with Crippen molar-refractivity contribution >= 4 is 29.2 Å². The number of non-ortho nitro benzene ring substituents is 1. The van der Waals surface area contributed by atoms with E-state index in [-0.39, 0.29) is 11.3 Å². The largest absolute Gasteiger partial charge is 0.502 e. The van der Waals surface area contributed by atoms with Crippen LogP contribution in [-0.4, -0.2) is 45.7 Å². The second-order valence-electron chi connectivity index (χ2n) is 5.56. The summed E-state index contributed by atoms with van der Waals surface area (Å²) in [6, 6.07) is 5.22. The Kier molecular flexibility index (Phi) is 6.95. The summed E-state index contributed by atoms with van der Waals surface area (Å²) < 4.78 is 9.94. The molecule has 0 radical (unpaired) electrons. The molecule has 15 heteroatoms. The molecular formula is C16H13N5O10. The van der Waals surface area contributed by atoms with Gasteiger partial charge in [0.1, 0.15) is 0 Å². The number of phenols is 1. The van der Waals surface area contributed by atoms with Crippen molar-refractivity contribution in [2.45, 2.75) is 0 Å². The highest BCUT2D eigenvalue weighted by molar-refractivity contribution is 5.87. The molecule has 0 aliphatic carbocycles. The second-order valence-corrected chi connectivity index (χ2v) is 5.56. The van der Waals surface area contributed by atoms with E-state index < -0.39 is 55.8 Å². The first-order valence-electron chi connectivity index (χ1n) is 8.07. The Morgan fingerprint density at radius 3 is 2.39 bits per heavy atom. The van der Waals surface area contributed by atoms with Gasteiger partial charge in [-0.1, -0.05) is 6.07 Å². The van der Waals surface area contributed by atoms with Gasteiger partial charge in [-0.25, -0.2) is 5.43 Å². The molecule has 1 amide bonds. The van der Waals surface area contributed by atoms with Gasteiger partial charge >= 0.3 is 11.4 Å². The first-order chi connectivity index (χ1) is 14.6. The number of amides is 1. The molecule has 0 atom stereocenters. The zero-order valence-electron chi connectivity index (χ0n) is 15.6. The maximum atomic E-state index is 11.9. The predicted octanol–water partition coefficient (Wildman–Crippen LogP) is 1.65. The SMILES string of the molecule is COc1cc([N+](=O)[O-])cc([N+](=O)[O-])c1OCC(=O)N/N=C/c1cccc([N+](=O)[O-])c1O. The summed E-state index contributed by atoms with van der Waals surface area (Å²) in [7, 11) is 1.10. The van der Waals surface area contributed by atoms with Gasteiger partial charge < -0.3 is 14.6 Å². The van der Waals surface area contributed by atoms with Gasteiger partial charge in [-0.2, -0.15) is 5.10 Å². The molecule has 2 aromatic carbocycles. The topological polar surface area (TPSA) is 210 Å². The van der Waals surface area contributed by atoms with Gasteiger partial charge in [0.15, 0.2) is 12.4 Å². The third kappa shape index (κ3) is 5.37. The van der Waals surface area contributed by atoms with E-state index in [1.54, 1.807) is 0 Å². The maximum Gasteiger partial charge on any atom is 0.321 e. The van der Waals surface area contributed by atoms with Crippen LogP contribution in [-0.2, 0) is 4.79 Å². The monoisotopic (exact) mass is 435 g/mol. The van der Waals surface area contributed by atoms with Gasteiger partial charge in [0.25, 0.3) is 11.6 Å². The van der Waals surface area contributed by atoms with Gasteiger partial charge in [0.2, 0.25) is 11.5 Å². The fourth-order valence-corrected chi connectivity index (χ4v) is 2.26.